The molecule has 0 fully saturated rings. The quantitative estimate of drug-likeness (QED) is 0.445. The fourth-order valence-electron chi connectivity index (χ4n) is 1.68. The second kappa shape index (κ2) is 6.98. The lowest BCUT2D eigenvalue weighted by Crippen LogP contribution is -2.10. The molecule has 120 valence electrons. The van der Waals surface area contributed by atoms with Gasteiger partial charge in [0.2, 0.25) is 11.7 Å². The molecule has 2 rings (SSSR count). The maximum Gasteiger partial charge on any atom is 0.311 e. The normalized spacial score (nSPS) is 10.5. The lowest BCUT2D eigenvalue weighted by molar-refractivity contribution is -0.385. The number of aromatic amines is 1. The summed E-state index contributed by atoms with van der Waals surface area (Å²) < 4.78 is 10.1. The first-order chi connectivity index (χ1) is 11.0. The summed E-state index contributed by atoms with van der Waals surface area (Å²) in [4.78, 5) is 23.9. The number of ether oxygens (including phenoxy) is 2. The van der Waals surface area contributed by atoms with Crippen LogP contribution >= 0.6 is 0 Å². The van der Waals surface area contributed by atoms with Crippen LogP contribution in [0.5, 0.6) is 11.5 Å². The number of hydrazone groups is 1. The van der Waals surface area contributed by atoms with Gasteiger partial charge in [-0.15, -0.1) is 10.2 Å². The SMILES string of the molecule is COc1cc(OC)c([N+](=O)[O-])cc1/C=N/Nc1nncc(=O)[nH]1. The van der Waals surface area contributed by atoms with E-state index in [-0.39, 0.29) is 17.4 Å². The smallest absolute Gasteiger partial charge is 0.311 e. The first kappa shape index (κ1) is 15.9. The molecule has 0 amide bonds. The van der Waals surface area contributed by atoms with E-state index in [0.29, 0.717) is 11.3 Å². The van der Waals surface area contributed by atoms with Crippen LogP contribution in [0.25, 0.3) is 0 Å². The fraction of sp³-hybridized carbons (Fsp3) is 0.167. The van der Waals surface area contributed by atoms with Gasteiger partial charge in [-0.25, -0.2) is 5.43 Å². The Hall–Kier alpha value is -3.50. The summed E-state index contributed by atoms with van der Waals surface area (Å²) in [6.45, 7) is 0. The number of nitrogens with zero attached hydrogens (tertiary/aromatic N) is 4. The van der Waals surface area contributed by atoms with Crippen molar-refractivity contribution in [1.82, 2.24) is 15.2 Å². The van der Waals surface area contributed by atoms with Gasteiger partial charge in [-0.3, -0.25) is 19.9 Å². The van der Waals surface area contributed by atoms with Crippen LogP contribution in [0, 0.1) is 10.1 Å². The molecule has 0 aliphatic heterocycles. The van der Waals surface area contributed by atoms with Gasteiger partial charge in [0, 0.05) is 17.7 Å². The molecule has 0 atom stereocenters. The van der Waals surface area contributed by atoms with E-state index >= 15 is 0 Å². The van der Waals surface area contributed by atoms with E-state index in [1.807, 2.05) is 0 Å². The summed E-state index contributed by atoms with van der Waals surface area (Å²) in [5.41, 5.74) is 2.10. The van der Waals surface area contributed by atoms with E-state index in [0.717, 1.165) is 6.20 Å². The van der Waals surface area contributed by atoms with Crippen LogP contribution in [0.1, 0.15) is 5.56 Å². The number of nitro benzene ring substituents is 1. The minimum Gasteiger partial charge on any atom is -0.496 e. The molecular formula is C12H12N6O5. The van der Waals surface area contributed by atoms with E-state index in [2.05, 4.69) is 25.7 Å². The Morgan fingerprint density at radius 2 is 2.09 bits per heavy atom. The van der Waals surface area contributed by atoms with Gasteiger partial charge >= 0.3 is 5.69 Å². The Morgan fingerprint density at radius 3 is 2.70 bits per heavy atom. The summed E-state index contributed by atoms with van der Waals surface area (Å²) in [6, 6.07) is 2.63. The van der Waals surface area contributed by atoms with Gasteiger partial charge in [-0.2, -0.15) is 5.10 Å². The first-order valence-corrected chi connectivity index (χ1v) is 6.16. The van der Waals surface area contributed by atoms with Crippen molar-refractivity contribution in [3.05, 3.63) is 44.4 Å². The average Bonchev–Trinajstić information content (AvgIpc) is 2.54. The van der Waals surface area contributed by atoms with Crippen molar-refractivity contribution in [3.63, 3.8) is 0 Å². The van der Waals surface area contributed by atoms with Crippen LogP contribution in [0.15, 0.2) is 28.2 Å². The van der Waals surface area contributed by atoms with Gasteiger partial charge in [-0.1, -0.05) is 0 Å². The van der Waals surface area contributed by atoms with Crippen molar-refractivity contribution in [2.24, 2.45) is 5.10 Å². The molecule has 11 nitrogen and oxygen atoms in total. The highest BCUT2D eigenvalue weighted by atomic mass is 16.6. The molecule has 0 spiro atoms. The number of nitro groups is 1. The highest BCUT2D eigenvalue weighted by Gasteiger charge is 2.18. The van der Waals surface area contributed by atoms with Crippen LogP contribution in [0.4, 0.5) is 11.6 Å². The number of rotatable bonds is 6. The largest absolute Gasteiger partial charge is 0.496 e. The monoisotopic (exact) mass is 320 g/mol. The Balaban J connectivity index is 2.30. The molecule has 0 radical (unpaired) electrons. The second-order valence-electron chi connectivity index (χ2n) is 4.08. The van der Waals surface area contributed by atoms with Crippen molar-refractivity contribution in [3.8, 4) is 11.5 Å². The van der Waals surface area contributed by atoms with Crippen molar-refractivity contribution in [2.75, 3.05) is 19.6 Å². The Labute approximate surface area is 129 Å². The molecule has 0 saturated carbocycles. The Kier molecular flexibility index (Phi) is 4.82. The minimum absolute atomic E-state index is 0.0238. The molecule has 0 aliphatic rings. The predicted octanol–water partition coefficient (Wildman–Crippen LogP) is 0.536. The molecule has 1 aromatic carbocycles. The topological polar surface area (TPSA) is 145 Å². The molecule has 11 heteroatoms. The zero-order chi connectivity index (χ0) is 16.8. The summed E-state index contributed by atoms with van der Waals surface area (Å²) in [5.74, 6) is 0.414. The van der Waals surface area contributed by atoms with E-state index in [4.69, 9.17) is 9.47 Å². The molecule has 2 aromatic rings. The summed E-state index contributed by atoms with van der Waals surface area (Å²) in [6.07, 6.45) is 2.28. The van der Waals surface area contributed by atoms with Crippen LogP contribution < -0.4 is 20.5 Å². The standard InChI is InChI=1S/C12H12N6O5/c1-22-9-4-10(23-2)8(18(20)21)3-7(9)5-13-16-12-15-11(19)6-14-17-12/h3-6H,1-2H3,(H2,15,16,17,19)/b13-5+. The Morgan fingerprint density at radius 1 is 1.35 bits per heavy atom. The Bertz CT molecular complexity index is 803. The number of methoxy groups -OCH3 is 2. The van der Waals surface area contributed by atoms with E-state index < -0.39 is 10.5 Å². The molecule has 1 heterocycles. The highest BCUT2D eigenvalue weighted by molar-refractivity contribution is 5.86. The average molecular weight is 320 g/mol. The lowest BCUT2D eigenvalue weighted by Gasteiger charge is -2.08. The van der Waals surface area contributed by atoms with E-state index in [1.54, 1.807) is 0 Å². The maximum atomic E-state index is 11.1. The molecule has 1 aromatic heterocycles. The zero-order valence-corrected chi connectivity index (χ0v) is 12.1. The number of hydrogen-bond acceptors (Lipinski definition) is 9. The van der Waals surface area contributed by atoms with Crippen LogP contribution in [0.3, 0.4) is 0 Å². The van der Waals surface area contributed by atoms with Crippen LogP contribution in [-0.2, 0) is 0 Å². The number of aromatic nitrogens is 3. The third-order valence-electron chi connectivity index (χ3n) is 2.68. The molecule has 23 heavy (non-hydrogen) atoms. The molecule has 0 aliphatic carbocycles. The summed E-state index contributed by atoms with van der Waals surface area (Å²) in [7, 11) is 2.73. The summed E-state index contributed by atoms with van der Waals surface area (Å²) in [5, 5.41) is 21.9. The first-order valence-electron chi connectivity index (χ1n) is 6.16. The second-order valence-corrected chi connectivity index (χ2v) is 4.08. The number of nitrogens with one attached hydrogen (secondary N) is 2. The summed E-state index contributed by atoms with van der Waals surface area (Å²) >= 11 is 0. The number of anilines is 1. The zero-order valence-electron chi connectivity index (χ0n) is 12.1. The van der Waals surface area contributed by atoms with Gasteiger partial charge < -0.3 is 9.47 Å². The van der Waals surface area contributed by atoms with Gasteiger partial charge in [0.1, 0.15) is 11.9 Å². The third-order valence-corrected chi connectivity index (χ3v) is 2.68. The van der Waals surface area contributed by atoms with Crippen molar-refractivity contribution in [1.29, 1.82) is 0 Å². The van der Waals surface area contributed by atoms with Crippen LogP contribution in [-0.4, -0.2) is 40.5 Å². The molecule has 2 N–H and O–H groups in total. The number of benzene rings is 1. The highest BCUT2D eigenvalue weighted by Crippen LogP contribution is 2.33. The van der Waals surface area contributed by atoms with Crippen molar-refractivity contribution < 1.29 is 14.4 Å². The van der Waals surface area contributed by atoms with Gasteiger partial charge in [0.15, 0.2) is 0 Å². The van der Waals surface area contributed by atoms with E-state index in [1.165, 1.54) is 32.6 Å². The van der Waals surface area contributed by atoms with Gasteiger partial charge in [0.05, 0.1) is 25.4 Å². The molecular weight excluding hydrogens is 308 g/mol. The fourth-order valence-corrected chi connectivity index (χ4v) is 1.68. The number of hydrogen-bond donors (Lipinski definition) is 2. The predicted molar refractivity (Wildman–Crippen MR) is 80.1 cm³/mol. The van der Waals surface area contributed by atoms with Crippen LogP contribution in [0.2, 0.25) is 0 Å². The van der Waals surface area contributed by atoms with Gasteiger partial charge in [-0.05, 0) is 0 Å². The van der Waals surface area contributed by atoms with Crippen molar-refractivity contribution in [2.45, 2.75) is 0 Å². The third kappa shape index (κ3) is 3.78. The van der Waals surface area contributed by atoms with E-state index in [9.17, 15) is 14.9 Å². The maximum absolute atomic E-state index is 11.1. The lowest BCUT2D eigenvalue weighted by atomic mass is 10.1. The van der Waals surface area contributed by atoms with Gasteiger partial charge in [0.25, 0.3) is 5.56 Å². The minimum atomic E-state index is -0.580. The molecule has 0 saturated heterocycles. The molecule has 0 bridgehead atoms. The number of H-pyrrole nitrogens is 1. The van der Waals surface area contributed by atoms with Crippen molar-refractivity contribution >= 4 is 17.9 Å². The molecule has 0 unspecified atom stereocenters.